The molecule has 0 aliphatic heterocycles. The molecule has 0 aromatic heterocycles. The molecule has 3 heteroatoms. The first-order chi connectivity index (χ1) is 8.56. The Kier molecular flexibility index (Phi) is 5.86. The van der Waals surface area contributed by atoms with Gasteiger partial charge in [0.1, 0.15) is 0 Å². The Morgan fingerprint density at radius 1 is 1.33 bits per heavy atom. The maximum Gasteiger partial charge on any atom is 0.223 e. The quantitative estimate of drug-likeness (QED) is 0.813. The minimum absolute atomic E-state index is 0.0278. The Balaban J connectivity index is 2.57. The van der Waals surface area contributed by atoms with Gasteiger partial charge in [-0.05, 0) is 44.4 Å². The van der Waals surface area contributed by atoms with Crippen molar-refractivity contribution in [3.8, 4) is 0 Å². The predicted molar refractivity (Wildman–Crippen MR) is 75.2 cm³/mol. The van der Waals surface area contributed by atoms with E-state index in [0.717, 1.165) is 12.8 Å². The maximum atomic E-state index is 12.0. The van der Waals surface area contributed by atoms with Crippen LogP contribution in [0.15, 0.2) is 24.3 Å². The van der Waals surface area contributed by atoms with Gasteiger partial charge in [0.25, 0.3) is 0 Å². The second-order valence-electron chi connectivity index (χ2n) is 4.92. The van der Waals surface area contributed by atoms with Crippen LogP contribution in [0.5, 0.6) is 0 Å². The molecule has 1 amide bonds. The van der Waals surface area contributed by atoms with Crippen molar-refractivity contribution in [3.05, 3.63) is 35.4 Å². The minimum Gasteiger partial charge on any atom is -0.349 e. The lowest BCUT2D eigenvalue weighted by atomic mass is 10.0. The van der Waals surface area contributed by atoms with Crippen LogP contribution in [0.25, 0.3) is 0 Å². The van der Waals surface area contributed by atoms with Crippen LogP contribution in [0.1, 0.15) is 43.9 Å². The highest BCUT2D eigenvalue weighted by Crippen LogP contribution is 2.17. The summed E-state index contributed by atoms with van der Waals surface area (Å²) >= 11 is 0. The van der Waals surface area contributed by atoms with E-state index in [-0.39, 0.29) is 17.9 Å². The standard InChI is InChI=1S/C15H24N2O/c1-11-7-4-5-9-14(11)13(3)17-15(18)12(2)8-6-10-16/h4-5,7,9,12-13H,6,8,10,16H2,1-3H3,(H,17,18). The Hall–Kier alpha value is -1.35. The van der Waals surface area contributed by atoms with E-state index in [1.807, 2.05) is 26.0 Å². The summed E-state index contributed by atoms with van der Waals surface area (Å²) < 4.78 is 0. The zero-order valence-electron chi connectivity index (χ0n) is 11.6. The van der Waals surface area contributed by atoms with Crippen molar-refractivity contribution in [2.75, 3.05) is 6.54 Å². The summed E-state index contributed by atoms with van der Waals surface area (Å²) in [4.78, 5) is 12.0. The van der Waals surface area contributed by atoms with Crippen molar-refractivity contribution < 1.29 is 4.79 Å². The van der Waals surface area contributed by atoms with Gasteiger partial charge in [0.15, 0.2) is 0 Å². The number of carbonyl (C=O) groups is 1. The van der Waals surface area contributed by atoms with Crippen LogP contribution in [0.4, 0.5) is 0 Å². The molecule has 1 aromatic rings. The van der Waals surface area contributed by atoms with Crippen LogP contribution >= 0.6 is 0 Å². The zero-order valence-corrected chi connectivity index (χ0v) is 11.6. The summed E-state index contributed by atoms with van der Waals surface area (Å²) in [6.07, 6.45) is 1.75. The summed E-state index contributed by atoms with van der Waals surface area (Å²) in [7, 11) is 0. The van der Waals surface area contributed by atoms with Gasteiger partial charge in [0, 0.05) is 5.92 Å². The van der Waals surface area contributed by atoms with Gasteiger partial charge < -0.3 is 11.1 Å². The number of carbonyl (C=O) groups excluding carboxylic acids is 1. The molecule has 0 aliphatic carbocycles. The third-order valence-electron chi connectivity index (χ3n) is 3.30. The summed E-state index contributed by atoms with van der Waals surface area (Å²) in [6.45, 7) is 6.69. The third kappa shape index (κ3) is 4.15. The number of nitrogens with one attached hydrogen (secondary N) is 1. The van der Waals surface area contributed by atoms with Gasteiger partial charge in [0.05, 0.1) is 6.04 Å². The fourth-order valence-corrected chi connectivity index (χ4v) is 2.06. The topological polar surface area (TPSA) is 55.1 Å². The first-order valence-corrected chi connectivity index (χ1v) is 6.62. The molecule has 100 valence electrons. The minimum atomic E-state index is 0.0278. The summed E-state index contributed by atoms with van der Waals surface area (Å²) in [5.41, 5.74) is 7.84. The van der Waals surface area contributed by atoms with E-state index < -0.39 is 0 Å². The molecule has 1 aromatic carbocycles. The molecule has 0 fully saturated rings. The van der Waals surface area contributed by atoms with Gasteiger partial charge in [-0.25, -0.2) is 0 Å². The van der Waals surface area contributed by atoms with E-state index in [4.69, 9.17) is 5.73 Å². The van der Waals surface area contributed by atoms with Crippen molar-refractivity contribution >= 4 is 5.91 Å². The Morgan fingerprint density at radius 3 is 2.61 bits per heavy atom. The number of hydrogen-bond donors (Lipinski definition) is 2. The summed E-state index contributed by atoms with van der Waals surface area (Å²) in [5.74, 6) is 0.138. The summed E-state index contributed by atoms with van der Waals surface area (Å²) in [6, 6.07) is 8.19. The monoisotopic (exact) mass is 248 g/mol. The maximum absolute atomic E-state index is 12.0. The molecule has 0 heterocycles. The fourth-order valence-electron chi connectivity index (χ4n) is 2.06. The second-order valence-corrected chi connectivity index (χ2v) is 4.92. The van der Waals surface area contributed by atoms with Gasteiger partial charge in [-0.1, -0.05) is 31.2 Å². The molecule has 0 bridgehead atoms. The van der Waals surface area contributed by atoms with Gasteiger partial charge in [-0.2, -0.15) is 0 Å². The molecule has 1 rings (SSSR count). The zero-order chi connectivity index (χ0) is 13.5. The molecule has 0 saturated heterocycles. The van der Waals surface area contributed by atoms with Crippen LogP contribution in [0.2, 0.25) is 0 Å². The molecule has 0 radical (unpaired) electrons. The Morgan fingerprint density at radius 2 is 2.00 bits per heavy atom. The number of hydrogen-bond acceptors (Lipinski definition) is 2. The van der Waals surface area contributed by atoms with E-state index in [9.17, 15) is 4.79 Å². The number of amides is 1. The summed E-state index contributed by atoms with van der Waals surface area (Å²) in [5, 5.41) is 3.07. The molecule has 0 spiro atoms. The molecule has 2 atom stereocenters. The second kappa shape index (κ2) is 7.17. The Bertz CT molecular complexity index is 390. The van der Waals surface area contributed by atoms with Crippen LogP contribution in [-0.4, -0.2) is 12.5 Å². The van der Waals surface area contributed by atoms with Crippen molar-refractivity contribution in [1.82, 2.24) is 5.32 Å². The smallest absolute Gasteiger partial charge is 0.223 e. The van der Waals surface area contributed by atoms with Gasteiger partial charge >= 0.3 is 0 Å². The van der Waals surface area contributed by atoms with Gasteiger partial charge in [0.2, 0.25) is 5.91 Å². The van der Waals surface area contributed by atoms with E-state index >= 15 is 0 Å². The molecule has 0 aliphatic rings. The van der Waals surface area contributed by atoms with E-state index in [1.165, 1.54) is 11.1 Å². The van der Waals surface area contributed by atoms with E-state index in [2.05, 4.69) is 24.4 Å². The van der Waals surface area contributed by atoms with Crippen molar-refractivity contribution in [2.24, 2.45) is 11.7 Å². The lowest BCUT2D eigenvalue weighted by molar-refractivity contribution is -0.125. The average Bonchev–Trinajstić information content (AvgIpc) is 2.36. The molecule has 3 N–H and O–H groups in total. The SMILES string of the molecule is Cc1ccccc1C(C)NC(=O)C(C)CCCN. The third-order valence-corrected chi connectivity index (χ3v) is 3.30. The molecule has 3 nitrogen and oxygen atoms in total. The van der Waals surface area contributed by atoms with Gasteiger partial charge in [-0.3, -0.25) is 4.79 Å². The largest absolute Gasteiger partial charge is 0.349 e. The number of nitrogens with two attached hydrogens (primary N) is 1. The van der Waals surface area contributed by atoms with E-state index in [0.29, 0.717) is 6.54 Å². The highest BCUT2D eigenvalue weighted by molar-refractivity contribution is 5.78. The molecule has 18 heavy (non-hydrogen) atoms. The number of benzene rings is 1. The van der Waals surface area contributed by atoms with Gasteiger partial charge in [-0.15, -0.1) is 0 Å². The first-order valence-electron chi connectivity index (χ1n) is 6.62. The van der Waals surface area contributed by atoms with Crippen LogP contribution in [-0.2, 0) is 4.79 Å². The molecular weight excluding hydrogens is 224 g/mol. The lowest BCUT2D eigenvalue weighted by Gasteiger charge is -2.19. The molecular formula is C15H24N2O. The highest BCUT2D eigenvalue weighted by Gasteiger charge is 2.16. The first kappa shape index (κ1) is 14.7. The number of rotatable bonds is 6. The molecule has 0 saturated carbocycles. The number of aryl methyl sites for hydroxylation is 1. The van der Waals surface area contributed by atoms with Crippen LogP contribution in [0.3, 0.4) is 0 Å². The van der Waals surface area contributed by atoms with Crippen LogP contribution < -0.4 is 11.1 Å². The average molecular weight is 248 g/mol. The van der Waals surface area contributed by atoms with Crippen molar-refractivity contribution in [2.45, 2.75) is 39.7 Å². The lowest BCUT2D eigenvalue weighted by Crippen LogP contribution is -2.32. The Labute approximate surface area is 110 Å². The van der Waals surface area contributed by atoms with Crippen LogP contribution in [0, 0.1) is 12.8 Å². The fraction of sp³-hybridized carbons (Fsp3) is 0.533. The van der Waals surface area contributed by atoms with Crippen molar-refractivity contribution in [1.29, 1.82) is 0 Å². The normalized spacial score (nSPS) is 14.0. The highest BCUT2D eigenvalue weighted by atomic mass is 16.1. The molecule has 2 unspecified atom stereocenters. The van der Waals surface area contributed by atoms with E-state index in [1.54, 1.807) is 0 Å². The van der Waals surface area contributed by atoms with Crippen molar-refractivity contribution in [3.63, 3.8) is 0 Å². The predicted octanol–water partition coefficient (Wildman–Crippen LogP) is 2.55.